The third-order valence-corrected chi connectivity index (χ3v) is 1.49. The Morgan fingerprint density at radius 1 is 1.40 bits per heavy atom. The van der Waals surface area contributed by atoms with E-state index in [0.29, 0.717) is 6.42 Å². The van der Waals surface area contributed by atoms with E-state index in [2.05, 4.69) is 4.98 Å². The molecule has 1 rings (SSSR count). The van der Waals surface area contributed by atoms with Crippen molar-refractivity contribution in [2.75, 3.05) is 6.67 Å². The number of halogens is 1. The molecule has 2 heteroatoms. The molecule has 10 heavy (non-hydrogen) atoms. The van der Waals surface area contributed by atoms with Crippen LogP contribution in [-0.4, -0.2) is 11.7 Å². The van der Waals surface area contributed by atoms with Crippen LogP contribution < -0.4 is 0 Å². The molecule has 1 N–H and O–H groups in total. The minimum absolute atomic E-state index is 0.194. The second-order valence-corrected chi connectivity index (χ2v) is 2.34. The van der Waals surface area contributed by atoms with Gasteiger partial charge in [-0.25, -0.2) is 0 Å². The lowest BCUT2D eigenvalue weighted by Crippen LogP contribution is -1.85. The lowest BCUT2D eigenvalue weighted by molar-refractivity contribution is 0.461. The molecule has 0 spiro atoms. The molecule has 0 aromatic carbocycles. The molecule has 1 nitrogen and oxygen atoms in total. The zero-order chi connectivity index (χ0) is 7.23. The highest BCUT2D eigenvalue weighted by Crippen LogP contribution is 2.01. The number of unbranched alkanes of at least 4 members (excludes halogenated alkanes) is 1. The van der Waals surface area contributed by atoms with E-state index in [9.17, 15) is 4.39 Å². The second kappa shape index (κ2) is 4.09. The fraction of sp³-hybridized carbons (Fsp3) is 0.500. The number of H-pyrrole nitrogens is 1. The van der Waals surface area contributed by atoms with Gasteiger partial charge in [0.1, 0.15) is 0 Å². The standard InChI is InChI=1S/C8H12FN/c9-6-2-1-4-8-5-3-7-10-8/h3,5,7,10H,1-2,4,6H2. The van der Waals surface area contributed by atoms with Crippen molar-refractivity contribution in [2.45, 2.75) is 19.3 Å². The smallest absolute Gasteiger partial charge is 0.0894 e. The lowest BCUT2D eigenvalue weighted by Gasteiger charge is -1.93. The van der Waals surface area contributed by atoms with Crippen molar-refractivity contribution in [1.29, 1.82) is 0 Å². The van der Waals surface area contributed by atoms with E-state index in [4.69, 9.17) is 0 Å². The Kier molecular flexibility index (Phi) is 3.00. The van der Waals surface area contributed by atoms with Gasteiger partial charge in [0, 0.05) is 11.9 Å². The van der Waals surface area contributed by atoms with Crippen LogP contribution in [0.5, 0.6) is 0 Å². The van der Waals surface area contributed by atoms with Crippen LogP contribution >= 0.6 is 0 Å². The van der Waals surface area contributed by atoms with Crippen LogP contribution in [0.25, 0.3) is 0 Å². The molecule has 1 heterocycles. The number of nitrogens with one attached hydrogen (secondary N) is 1. The van der Waals surface area contributed by atoms with Crippen LogP contribution in [-0.2, 0) is 6.42 Å². The molecule has 0 aliphatic rings. The summed E-state index contributed by atoms with van der Waals surface area (Å²) in [6, 6.07) is 3.99. The van der Waals surface area contributed by atoms with E-state index >= 15 is 0 Å². The van der Waals surface area contributed by atoms with Gasteiger partial charge in [-0.3, -0.25) is 4.39 Å². The van der Waals surface area contributed by atoms with Crippen LogP contribution in [0.15, 0.2) is 18.3 Å². The summed E-state index contributed by atoms with van der Waals surface area (Å²) in [6.07, 6.45) is 4.48. The predicted molar refractivity (Wildman–Crippen MR) is 39.7 cm³/mol. The van der Waals surface area contributed by atoms with Gasteiger partial charge in [-0.2, -0.15) is 0 Å². The second-order valence-electron chi connectivity index (χ2n) is 2.34. The van der Waals surface area contributed by atoms with Gasteiger partial charge >= 0.3 is 0 Å². The molecule has 0 unspecified atom stereocenters. The van der Waals surface area contributed by atoms with Crippen LogP contribution in [0.1, 0.15) is 18.5 Å². The molecular formula is C8H12FN. The van der Waals surface area contributed by atoms with Crippen molar-refractivity contribution in [1.82, 2.24) is 4.98 Å². The van der Waals surface area contributed by atoms with Crippen LogP contribution in [0.4, 0.5) is 4.39 Å². The third-order valence-electron chi connectivity index (χ3n) is 1.49. The fourth-order valence-corrected chi connectivity index (χ4v) is 0.933. The molecule has 1 aromatic heterocycles. The van der Waals surface area contributed by atoms with Crippen LogP contribution in [0.2, 0.25) is 0 Å². The summed E-state index contributed by atoms with van der Waals surface area (Å²) in [7, 11) is 0. The fourth-order valence-electron chi connectivity index (χ4n) is 0.933. The number of hydrogen-bond donors (Lipinski definition) is 1. The Morgan fingerprint density at radius 3 is 2.90 bits per heavy atom. The van der Waals surface area contributed by atoms with E-state index in [0.717, 1.165) is 12.8 Å². The highest BCUT2D eigenvalue weighted by atomic mass is 19.1. The first-order valence-corrected chi connectivity index (χ1v) is 3.61. The molecule has 0 amide bonds. The van der Waals surface area contributed by atoms with Crippen molar-refractivity contribution in [3.8, 4) is 0 Å². The van der Waals surface area contributed by atoms with Gasteiger partial charge in [-0.15, -0.1) is 0 Å². The molecular weight excluding hydrogens is 129 g/mol. The van der Waals surface area contributed by atoms with E-state index in [1.807, 2.05) is 18.3 Å². The molecule has 0 fully saturated rings. The molecule has 0 atom stereocenters. The third kappa shape index (κ3) is 2.21. The summed E-state index contributed by atoms with van der Waals surface area (Å²) in [5.74, 6) is 0. The van der Waals surface area contributed by atoms with Gasteiger partial charge < -0.3 is 4.98 Å². The SMILES string of the molecule is FCCCCc1ccc[nH]1. The van der Waals surface area contributed by atoms with Crippen molar-refractivity contribution >= 4 is 0 Å². The maximum Gasteiger partial charge on any atom is 0.0894 e. The van der Waals surface area contributed by atoms with E-state index in [-0.39, 0.29) is 6.67 Å². The summed E-state index contributed by atoms with van der Waals surface area (Å²) in [5.41, 5.74) is 1.20. The Labute approximate surface area is 60.3 Å². The first-order chi connectivity index (χ1) is 4.93. The monoisotopic (exact) mass is 141 g/mol. The average Bonchev–Trinajstić information content (AvgIpc) is 2.41. The molecule has 0 saturated carbocycles. The van der Waals surface area contributed by atoms with Gasteiger partial charge in [-0.1, -0.05) is 0 Å². The van der Waals surface area contributed by atoms with E-state index in [1.165, 1.54) is 5.69 Å². The van der Waals surface area contributed by atoms with Crippen molar-refractivity contribution in [3.05, 3.63) is 24.0 Å². The van der Waals surface area contributed by atoms with Crippen LogP contribution in [0.3, 0.4) is 0 Å². The maximum atomic E-state index is 11.6. The minimum atomic E-state index is -0.194. The Bertz CT molecular complexity index is 158. The first kappa shape index (κ1) is 7.32. The van der Waals surface area contributed by atoms with Gasteiger partial charge in [0.05, 0.1) is 6.67 Å². The minimum Gasteiger partial charge on any atom is -0.365 e. The van der Waals surface area contributed by atoms with Crippen LogP contribution in [0, 0.1) is 0 Å². The highest BCUT2D eigenvalue weighted by molar-refractivity contribution is 5.03. The lowest BCUT2D eigenvalue weighted by atomic mass is 10.2. The van der Waals surface area contributed by atoms with Gasteiger partial charge in [0.25, 0.3) is 0 Å². The van der Waals surface area contributed by atoms with E-state index < -0.39 is 0 Å². The highest BCUT2D eigenvalue weighted by Gasteiger charge is 1.91. The van der Waals surface area contributed by atoms with E-state index in [1.54, 1.807) is 0 Å². The molecule has 56 valence electrons. The molecule has 0 bridgehead atoms. The summed E-state index contributed by atoms with van der Waals surface area (Å²) >= 11 is 0. The number of aryl methyl sites for hydroxylation is 1. The predicted octanol–water partition coefficient (Wildman–Crippen LogP) is 2.31. The molecule has 0 radical (unpaired) electrons. The largest absolute Gasteiger partial charge is 0.365 e. The zero-order valence-electron chi connectivity index (χ0n) is 5.94. The Balaban J connectivity index is 2.15. The van der Waals surface area contributed by atoms with Crippen molar-refractivity contribution < 1.29 is 4.39 Å². The van der Waals surface area contributed by atoms with Crippen molar-refractivity contribution in [3.63, 3.8) is 0 Å². The van der Waals surface area contributed by atoms with Gasteiger partial charge in [-0.05, 0) is 31.4 Å². The van der Waals surface area contributed by atoms with Gasteiger partial charge in [0.2, 0.25) is 0 Å². The number of hydrogen-bond acceptors (Lipinski definition) is 0. The molecule has 0 saturated heterocycles. The zero-order valence-corrected chi connectivity index (χ0v) is 5.94. The summed E-state index contributed by atoms with van der Waals surface area (Å²) < 4.78 is 11.6. The Morgan fingerprint density at radius 2 is 2.30 bits per heavy atom. The van der Waals surface area contributed by atoms with Gasteiger partial charge in [0.15, 0.2) is 0 Å². The average molecular weight is 141 g/mol. The first-order valence-electron chi connectivity index (χ1n) is 3.61. The topological polar surface area (TPSA) is 15.8 Å². The summed E-state index contributed by atoms with van der Waals surface area (Å²) in [5, 5.41) is 0. The number of aromatic nitrogens is 1. The maximum absolute atomic E-state index is 11.6. The summed E-state index contributed by atoms with van der Waals surface area (Å²) in [6.45, 7) is -0.194. The quantitative estimate of drug-likeness (QED) is 0.619. The molecule has 0 aliphatic carbocycles. The number of aromatic amines is 1. The Hall–Kier alpha value is -0.790. The number of rotatable bonds is 4. The number of alkyl halides is 1. The van der Waals surface area contributed by atoms with Crippen molar-refractivity contribution in [2.24, 2.45) is 0 Å². The summed E-state index contributed by atoms with van der Waals surface area (Å²) in [4.78, 5) is 3.07. The normalized spacial score (nSPS) is 10.1. The molecule has 1 aromatic rings. The molecule has 0 aliphatic heterocycles.